The minimum absolute atomic E-state index is 0.740. The van der Waals surface area contributed by atoms with E-state index in [0.29, 0.717) is 0 Å². The van der Waals surface area contributed by atoms with Crippen LogP contribution in [0, 0.1) is 6.92 Å². The van der Waals surface area contributed by atoms with Crippen LogP contribution in [0.3, 0.4) is 0 Å². The normalized spacial score (nSPS) is 16.3. The van der Waals surface area contributed by atoms with Crippen molar-refractivity contribution in [2.24, 2.45) is 0 Å². The first-order valence-electron chi connectivity index (χ1n) is 7.95. The summed E-state index contributed by atoms with van der Waals surface area (Å²) in [7, 11) is 0. The summed E-state index contributed by atoms with van der Waals surface area (Å²) < 4.78 is 5.53. The van der Waals surface area contributed by atoms with Crippen LogP contribution < -0.4 is 10.1 Å². The summed E-state index contributed by atoms with van der Waals surface area (Å²) in [6.07, 6.45) is 3.76. The Kier molecular flexibility index (Phi) is 6.34. The molecule has 0 bridgehead atoms. The molecule has 20 heavy (non-hydrogen) atoms. The Morgan fingerprint density at radius 3 is 2.70 bits per heavy atom. The van der Waals surface area contributed by atoms with Crippen LogP contribution in [0.4, 0.5) is 0 Å². The summed E-state index contributed by atoms with van der Waals surface area (Å²) in [4.78, 5) is 2.57. The Labute approximate surface area is 123 Å². The standard InChI is InChI=1S/C17H28N2O/c1-3-20-17-8-7-16(15(2)14-17)6-4-5-11-19-12-9-18-10-13-19/h7-8,14,18H,3-6,9-13H2,1-2H3. The van der Waals surface area contributed by atoms with E-state index in [2.05, 4.69) is 35.3 Å². The van der Waals surface area contributed by atoms with Crippen molar-refractivity contribution in [1.82, 2.24) is 10.2 Å². The predicted molar refractivity (Wildman–Crippen MR) is 84.6 cm³/mol. The van der Waals surface area contributed by atoms with Gasteiger partial charge in [0.15, 0.2) is 0 Å². The molecular weight excluding hydrogens is 248 g/mol. The number of piperazine rings is 1. The van der Waals surface area contributed by atoms with Gasteiger partial charge in [0, 0.05) is 26.2 Å². The third kappa shape index (κ3) is 4.80. The molecular formula is C17H28N2O. The number of aryl methyl sites for hydroxylation is 2. The van der Waals surface area contributed by atoms with Gasteiger partial charge in [-0.05, 0) is 62.9 Å². The Morgan fingerprint density at radius 2 is 2.00 bits per heavy atom. The number of nitrogens with zero attached hydrogens (tertiary/aromatic N) is 1. The van der Waals surface area contributed by atoms with Gasteiger partial charge in [0.25, 0.3) is 0 Å². The fourth-order valence-electron chi connectivity index (χ4n) is 2.79. The number of nitrogens with one attached hydrogen (secondary N) is 1. The van der Waals surface area contributed by atoms with E-state index in [9.17, 15) is 0 Å². The maximum Gasteiger partial charge on any atom is 0.119 e. The van der Waals surface area contributed by atoms with Crippen molar-refractivity contribution in [2.75, 3.05) is 39.3 Å². The topological polar surface area (TPSA) is 24.5 Å². The number of hydrogen-bond acceptors (Lipinski definition) is 3. The molecule has 1 saturated heterocycles. The van der Waals surface area contributed by atoms with Crippen LogP contribution >= 0.6 is 0 Å². The summed E-state index contributed by atoms with van der Waals surface area (Å²) in [6.45, 7) is 10.9. The maximum absolute atomic E-state index is 5.53. The van der Waals surface area contributed by atoms with Gasteiger partial charge in [-0.3, -0.25) is 0 Å². The van der Waals surface area contributed by atoms with Crippen molar-refractivity contribution >= 4 is 0 Å². The van der Waals surface area contributed by atoms with Gasteiger partial charge in [0.05, 0.1) is 6.61 Å². The monoisotopic (exact) mass is 276 g/mol. The fraction of sp³-hybridized carbons (Fsp3) is 0.647. The third-order valence-corrected chi connectivity index (χ3v) is 4.01. The number of benzene rings is 1. The van der Waals surface area contributed by atoms with Crippen LogP contribution in [0.5, 0.6) is 5.75 Å². The first kappa shape index (κ1) is 15.3. The van der Waals surface area contributed by atoms with Crippen molar-refractivity contribution in [3.8, 4) is 5.75 Å². The highest BCUT2D eigenvalue weighted by atomic mass is 16.5. The van der Waals surface area contributed by atoms with Gasteiger partial charge in [-0.15, -0.1) is 0 Å². The molecule has 1 aromatic rings. The Bertz CT molecular complexity index is 400. The van der Waals surface area contributed by atoms with E-state index in [1.165, 1.54) is 50.0 Å². The van der Waals surface area contributed by atoms with Crippen molar-refractivity contribution in [3.05, 3.63) is 29.3 Å². The van der Waals surface area contributed by atoms with Crippen LogP contribution in [-0.2, 0) is 6.42 Å². The van der Waals surface area contributed by atoms with E-state index < -0.39 is 0 Å². The van der Waals surface area contributed by atoms with Gasteiger partial charge in [-0.1, -0.05) is 6.07 Å². The first-order valence-corrected chi connectivity index (χ1v) is 7.95. The van der Waals surface area contributed by atoms with Crippen molar-refractivity contribution in [3.63, 3.8) is 0 Å². The van der Waals surface area contributed by atoms with Gasteiger partial charge in [-0.2, -0.15) is 0 Å². The average molecular weight is 276 g/mol. The van der Waals surface area contributed by atoms with Gasteiger partial charge < -0.3 is 15.0 Å². The minimum atomic E-state index is 0.740. The number of hydrogen-bond donors (Lipinski definition) is 1. The van der Waals surface area contributed by atoms with Gasteiger partial charge in [0.1, 0.15) is 5.75 Å². The molecule has 1 aliphatic rings. The zero-order valence-corrected chi connectivity index (χ0v) is 13.0. The van der Waals surface area contributed by atoms with Crippen LogP contribution in [0.15, 0.2) is 18.2 Å². The molecule has 0 spiro atoms. The number of rotatable bonds is 7. The van der Waals surface area contributed by atoms with Crippen molar-refractivity contribution in [2.45, 2.75) is 33.1 Å². The average Bonchev–Trinajstić information content (AvgIpc) is 2.47. The summed E-state index contributed by atoms with van der Waals surface area (Å²) >= 11 is 0. The van der Waals surface area contributed by atoms with Crippen LogP contribution in [-0.4, -0.2) is 44.2 Å². The fourth-order valence-corrected chi connectivity index (χ4v) is 2.79. The van der Waals surface area contributed by atoms with E-state index in [0.717, 1.165) is 25.4 Å². The second-order valence-electron chi connectivity index (χ2n) is 5.57. The van der Waals surface area contributed by atoms with E-state index in [1.54, 1.807) is 0 Å². The SMILES string of the molecule is CCOc1ccc(CCCCN2CCNCC2)c(C)c1. The first-order chi connectivity index (χ1) is 9.79. The lowest BCUT2D eigenvalue weighted by atomic mass is 10.0. The second-order valence-corrected chi connectivity index (χ2v) is 5.57. The maximum atomic E-state index is 5.53. The summed E-state index contributed by atoms with van der Waals surface area (Å²) in [5.41, 5.74) is 2.83. The molecule has 1 N–H and O–H groups in total. The molecule has 1 aromatic carbocycles. The molecule has 0 amide bonds. The summed E-state index contributed by atoms with van der Waals surface area (Å²) in [5.74, 6) is 0.995. The zero-order valence-electron chi connectivity index (χ0n) is 13.0. The second kappa shape index (κ2) is 8.28. The van der Waals surface area contributed by atoms with Crippen LogP contribution in [0.1, 0.15) is 30.9 Å². The van der Waals surface area contributed by atoms with Crippen LogP contribution in [0.25, 0.3) is 0 Å². The van der Waals surface area contributed by atoms with E-state index >= 15 is 0 Å². The minimum Gasteiger partial charge on any atom is -0.494 e. The van der Waals surface area contributed by atoms with E-state index in [4.69, 9.17) is 4.74 Å². The zero-order chi connectivity index (χ0) is 14.2. The predicted octanol–water partition coefficient (Wildman–Crippen LogP) is 2.62. The quantitative estimate of drug-likeness (QED) is 0.775. The lowest BCUT2D eigenvalue weighted by Gasteiger charge is -2.27. The van der Waals surface area contributed by atoms with Gasteiger partial charge >= 0.3 is 0 Å². The molecule has 1 heterocycles. The lowest BCUT2D eigenvalue weighted by molar-refractivity contribution is 0.237. The van der Waals surface area contributed by atoms with Crippen molar-refractivity contribution in [1.29, 1.82) is 0 Å². The molecule has 112 valence electrons. The number of ether oxygens (including phenoxy) is 1. The molecule has 3 heteroatoms. The lowest BCUT2D eigenvalue weighted by Crippen LogP contribution is -2.43. The highest BCUT2D eigenvalue weighted by Gasteiger charge is 2.08. The van der Waals surface area contributed by atoms with Crippen molar-refractivity contribution < 1.29 is 4.74 Å². The molecule has 0 radical (unpaired) electrons. The Hall–Kier alpha value is -1.06. The molecule has 2 rings (SSSR count). The Balaban J connectivity index is 1.70. The van der Waals surface area contributed by atoms with Gasteiger partial charge in [-0.25, -0.2) is 0 Å². The summed E-state index contributed by atoms with van der Waals surface area (Å²) in [5, 5.41) is 3.40. The molecule has 0 aromatic heterocycles. The molecule has 1 aliphatic heterocycles. The molecule has 0 aliphatic carbocycles. The molecule has 0 unspecified atom stereocenters. The third-order valence-electron chi connectivity index (χ3n) is 4.01. The summed E-state index contributed by atoms with van der Waals surface area (Å²) in [6, 6.07) is 6.49. The largest absolute Gasteiger partial charge is 0.494 e. The molecule has 0 saturated carbocycles. The smallest absolute Gasteiger partial charge is 0.119 e. The number of unbranched alkanes of at least 4 members (excludes halogenated alkanes) is 1. The van der Waals surface area contributed by atoms with Crippen LogP contribution in [0.2, 0.25) is 0 Å². The molecule has 1 fully saturated rings. The molecule has 3 nitrogen and oxygen atoms in total. The van der Waals surface area contributed by atoms with Gasteiger partial charge in [0.2, 0.25) is 0 Å². The Morgan fingerprint density at radius 1 is 1.20 bits per heavy atom. The highest BCUT2D eigenvalue weighted by molar-refractivity contribution is 5.34. The van der Waals surface area contributed by atoms with E-state index in [1.807, 2.05) is 6.92 Å². The molecule has 0 atom stereocenters. The van der Waals surface area contributed by atoms with E-state index in [-0.39, 0.29) is 0 Å². The highest BCUT2D eigenvalue weighted by Crippen LogP contribution is 2.19.